The molecular formula is C38H37N3O. The van der Waals surface area contributed by atoms with Crippen molar-refractivity contribution < 1.29 is 4.42 Å². The number of imidazole rings is 1. The fourth-order valence-corrected chi connectivity index (χ4v) is 6.45. The molecule has 0 spiro atoms. The molecule has 4 aromatic carbocycles. The highest BCUT2D eigenvalue weighted by atomic mass is 16.3. The van der Waals surface area contributed by atoms with Crippen LogP contribution < -0.4 is 0 Å². The molecule has 3 heterocycles. The van der Waals surface area contributed by atoms with Crippen LogP contribution in [0.25, 0.3) is 61.0 Å². The Hall–Kier alpha value is -4.44. The highest BCUT2D eigenvalue weighted by Crippen LogP contribution is 2.43. The zero-order valence-corrected chi connectivity index (χ0v) is 25.5. The van der Waals surface area contributed by atoms with Gasteiger partial charge < -0.3 is 4.42 Å². The normalized spacial score (nSPS) is 12.3. The van der Waals surface area contributed by atoms with Gasteiger partial charge in [-0.15, -0.1) is 0 Å². The summed E-state index contributed by atoms with van der Waals surface area (Å²) in [6.45, 7) is 15.6. The monoisotopic (exact) mass is 551 g/mol. The average molecular weight is 552 g/mol. The molecule has 0 aliphatic heterocycles. The van der Waals surface area contributed by atoms with Gasteiger partial charge in [-0.05, 0) is 88.5 Å². The second-order valence-corrected chi connectivity index (χ2v) is 12.5. The van der Waals surface area contributed by atoms with E-state index in [1.807, 2.05) is 0 Å². The Bertz CT molecular complexity index is 2140. The average Bonchev–Trinajstić information content (AvgIpc) is 3.53. The summed E-state index contributed by atoms with van der Waals surface area (Å²) in [4.78, 5) is 10.2. The minimum Gasteiger partial charge on any atom is -0.437 e. The van der Waals surface area contributed by atoms with Crippen LogP contribution in [-0.4, -0.2) is 14.5 Å². The molecule has 0 amide bonds. The number of aromatic nitrogens is 3. The number of furan rings is 1. The van der Waals surface area contributed by atoms with E-state index in [-0.39, 0.29) is 0 Å². The lowest BCUT2D eigenvalue weighted by Gasteiger charge is -2.25. The number of aryl methyl sites for hydroxylation is 1. The van der Waals surface area contributed by atoms with Crippen molar-refractivity contribution in [1.29, 1.82) is 0 Å². The van der Waals surface area contributed by atoms with E-state index < -0.39 is 0 Å². The summed E-state index contributed by atoms with van der Waals surface area (Å²) in [5, 5.41) is 4.67. The second-order valence-electron chi connectivity index (χ2n) is 12.5. The fraction of sp³-hybridized carbons (Fsp3) is 0.263. The fourth-order valence-electron chi connectivity index (χ4n) is 6.45. The maximum absolute atomic E-state index is 6.60. The van der Waals surface area contributed by atoms with Gasteiger partial charge in [-0.1, -0.05) is 84.0 Å². The van der Waals surface area contributed by atoms with Crippen molar-refractivity contribution in [2.75, 3.05) is 0 Å². The lowest BCUT2D eigenvalue weighted by atomic mass is 9.87. The second kappa shape index (κ2) is 9.84. The molecule has 0 saturated heterocycles. The molecule has 0 atom stereocenters. The van der Waals surface area contributed by atoms with Crippen LogP contribution in [0.1, 0.15) is 81.7 Å². The number of benzene rings is 4. The largest absolute Gasteiger partial charge is 0.437 e. The minimum atomic E-state index is 0.306. The molecule has 42 heavy (non-hydrogen) atoms. The predicted octanol–water partition coefficient (Wildman–Crippen LogP) is 10.8. The first-order chi connectivity index (χ1) is 20.2. The van der Waals surface area contributed by atoms with Crippen LogP contribution in [-0.2, 0) is 0 Å². The van der Waals surface area contributed by atoms with E-state index in [1.165, 1.54) is 33.2 Å². The van der Waals surface area contributed by atoms with Crippen LogP contribution in [0.3, 0.4) is 0 Å². The van der Waals surface area contributed by atoms with E-state index in [0.717, 1.165) is 44.5 Å². The lowest BCUT2D eigenvalue weighted by molar-refractivity contribution is 0.648. The van der Waals surface area contributed by atoms with Gasteiger partial charge in [0, 0.05) is 16.5 Å². The van der Waals surface area contributed by atoms with Gasteiger partial charge in [0.1, 0.15) is 11.4 Å². The quantitative estimate of drug-likeness (QED) is 0.214. The first kappa shape index (κ1) is 26.5. The molecule has 210 valence electrons. The Morgan fingerprint density at radius 1 is 0.690 bits per heavy atom. The van der Waals surface area contributed by atoms with Crippen LogP contribution in [0, 0.1) is 6.92 Å². The molecule has 0 saturated carbocycles. The van der Waals surface area contributed by atoms with Crippen molar-refractivity contribution >= 4 is 43.9 Å². The van der Waals surface area contributed by atoms with Gasteiger partial charge in [-0.2, -0.15) is 0 Å². The Morgan fingerprint density at radius 3 is 2.24 bits per heavy atom. The van der Waals surface area contributed by atoms with Gasteiger partial charge >= 0.3 is 0 Å². The summed E-state index contributed by atoms with van der Waals surface area (Å²) in [5.41, 5.74) is 10.7. The summed E-state index contributed by atoms with van der Waals surface area (Å²) in [5.74, 6) is 1.84. The van der Waals surface area contributed by atoms with Crippen molar-refractivity contribution in [1.82, 2.24) is 14.5 Å². The van der Waals surface area contributed by atoms with E-state index in [0.29, 0.717) is 23.5 Å². The number of nitrogens with zero attached hydrogens (tertiary/aromatic N) is 3. The molecule has 0 radical (unpaired) electrons. The predicted molar refractivity (Wildman–Crippen MR) is 176 cm³/mol. The third-order valence-corrected chi connectivity index (χ3v) is 8.54. The van der Waals surface area contributed by atoms with Crippen LogP contribution in [0.5, 0.6) is 0 Å². The standard InChI is InChI=1S/C38H37N3O/c1-21(2)30-20-25-11-8-9-12-26(25)34(23(5)6)35(30)41-33-18-15-24(7)19-32(33)39-37(41)29-14-10-13-27-28-16-17-31(22(3)4)40-38(28)42-36(27)29/h8-23H,1-7H3. The number of para-hydroxylation sites is 1. The molecule has 7 rings (SSSR count). The number of pyridine rings is 1. The molecule has 0 bridgehead atoms. The smallest absolute Gasteiger partial charge is 0.227 e. The van der Waals surface area contributed by atoms with Crippen LogP contribution in [0.4, 0.5) is 0 Å². The van der Waals surface area contributed by atoms with E-state index >= 15 is 0 Å². The highest BCUT2D eigenvalue weighted by molar-refractivity contribution is 6.08. The Kier molecular flexibility index (Phi) is 6.20. The maximum atomic E-state index is 6.60. The van der Waals surface area contributed by atoms with Gasteiger partial charge in [-0.25, -0.2) is 9.97 Å². The van der Waals surface area contributed by atoms with Gasteiger partial charge in [0.05, 0.1) is 22.3 Å². The number of hydrogen-bond acceptors (Lipinski definition) is 3. The summed E-state index contributed by atoms with van der Waals surface area (Å²) in [6.07, 6.45) is 0. The molecule has 7 aromatic rings. The van der Waals surface area contributed by atoms with Crippen molar-refractivity contribution in [2.24, 2.45) is 0 Å². The molecule has 0 fully saturated rings. The van der Waals surface area contributed by atoms with Crippen LogP contribution in [0.15, 0.2) is 83.3 Å². The van der Waals surface area contributed by atoms with E-state index in [2.05, 4.69) is 132 Å². The molecule has 0 aliphatic rings. The molecule has 0 unspecified atom stereocenters. The van der Waals surface area contributed by atoms with E-state index in [9.17, 15) is 0 Å². The summed E-state index contributed by atoms with van der Waals surface area (Å²) in [6, 6.07) is 28.4. The van der Waals surface area contributed by atoms with Gasteiger partial charge in [0.2, 0.25) is 5.71 Å². The summed E-state index contributed by atoms with van der Waals surface area (Å²) in [7, 11) is 0. The van der Waals surface area contributed by atoms with Crippen LogP contribution >= 0.6 is 0 Å². The molecule has 4 heteroatoms. The van der Waals surface area contributed by atoms with Crippen molar-refractivity contribution in [3.8, 4) is 17.1 Å². The third kappa shape index (κ3) is 4.04. The molecule has 0 N–H and O–H groups in total. The summed E-state index contributed by atoms with van der Waals surface area (Å²) < 4.78 is 9.00. The van der Waals surface area contributed by atoms with Gasteiger partial charge in [-0.3, -0.25) is 4.57 Å². The molecular weight excluding hydrogens is 514 g/mol. The minimum absolute atomic E-state index is 0.306. The number of fused-ring (bicyclic) bond motifs is 5. The number of hydrogen-bond donors (Lipinski definition) is 0. The SMILES string of the molecule is Cc1ccc2c(c1)nc(-c1cccc3c1oc1nc(C(C)C)ccc13)n2-c1c(C(C)C)cc2ccccc2c1C(C)C. The Labute approximate surface area is 247 Å². The molecule has 4 nitrogen and oxygen atoms in total. The van der Waals surface area contributed by atoms with Crippen molar-refractivity contribution in [3.05, 3.63) is 101 Å². The first-order valence-electron chi connectivity index (χ1n) is 15.1. The van der Waals surface area contributed by atoms with Crippen molar-refractivity contribution in [2.45, 2.75) is 66.2 Å². The first-order valence-corrected chi connectivity index (χ1v) is 15.1. The van der Waals surface area contributed by atoms with Gasteiger partial charge in [0.25, 0.3) is 0 Å². The molecule has 0 aliphatic carbocycles. The van der Waals surface area contributed by atoms with Crippen LogP contribution in [0.2, 0.25) is 0 Å². The lowest BCUT2D eigenvalue weighted by Crippen LogP contribution is -2.09. The van der Waals surface area contributed by atoms with Crippen molar-refractivity contribution in [3.63, 3.8) is 0 Å². The molecule has 3 aromatic heterocycles. The number of rotatable bonds is 5. The maximum Gasteiger partial charge on any atom is 0.227 e. The topological polar surface area (TPSA) is 43.9 Å². The third-order valence-electron chi connectivity index (χ3n) is 8.54. The zero-order valence-electron chi connectivity index (χ0n) is 25.5. The zero-order chi connectivity index (χ0) is 29.3. The van der Waals surface area contributed by atoms with E-state index in [1.54, 1.807) is 0 Å². The Morgan fingerprint density at radius 2 is 1.48 bits per heavy atom. The summed E-state index contributed by atoms with van der Waals surface area (Å²) >= 11 is 0. The Balaban J connectivity index is 1.63. The highest BCUT2D eigenvalue weighted by Gasteiger charge is 2.26. The van der Waals surface area contributed by atoms with Gasteiger partial charge in [0.15, 0.2) is 0 Å². The van der Waals surface area contributed by atoms with E-state index in [4.69, 9.17) is 14.4 Å².